The van der Waals surface area contributed by atoms with E-state index in [4.69, 9.17) is 25.8 Å². The number of benzene rings is 1. The van der Waals surface area contributed by atoms with Gasteiger partial charge in [0.05, 0.1) is 31.3 Å². The van der Waals surface area contributed by atoms with Crippen LogP contribution in [0.1, 0.15) is 0 Å². The summed E-state index contributed by atoms with van der Waals surface area (Å²) in [4.78, 5) is 12.4. The molecule has 0 N–H and O–H groups in total. The van der Waals surface area contributed by atoms with Crippen molar-refractivity contribution in [2.75, 3.05) is 14.2 Å². The van der Waals surface area contributed by atoms with Crippen molar-refractivity contribution in [3.05, 3.63) is 41.9 Å². The lowest BCUT2D eigenvalue weighted by atomic mass is 10.2. The van der Waals surface area contributed by atoms with Gasteiger partial charge in [0, 0.05) is 6.07 Å². The summed E-state index contributed by atoms with van der Waals surface area (Å²) in [5, 5.41) is 1.10. The minimum absolute atomic E-state index is 0.395. The molecule has 0 spiro atoms. The highest BCUT2D eigenvalue weighted by Gasteiger charge is 2.12. The van der Waals surface area contributed by atoms with Gasteiger partial charge in [0.1, 0.15) is 17.2 Å². The Kier molecular flexibility index (Phi) is 3.93. The molecule has 1 aromatic carbocycles. The number of rotatable bonds is 4. The molecule has 2 heterocycles. The summed E-state index contributed by atoms with van der Waals surface area (Å²) in [6, 6.07) is 6.89. The Morgan fingerprint density at radius 1 is 0.955 bits per heavy atom. The van der Waals surface area contributed by atoms with E-state index >= 15 is 0 Å². The van der Waals surface area contributed by atoms with Gasteiger partial charge in [-0.05, 0) is 18.2 Å². The van der Waals surface area contributed by atoms with Crippen LogP contribution in [0.3, 0.4) is 0 Å². The molecule has 0 saturated heterocycles. The van der Waals surface area contributed by atoms with E-state index in [1.807, 2.05) is 0 Å². The number of methoxy groups -OCH3 is 2. The molecule has 0 amide bonds. The van der Waals surface area contributed by atoms with E-state index in [9.17, 15) is 0 Å². The standard InChI is InChI=1S/C15H12ClN3O3/c1-20-12-5-10-11(6-13(12)21-2)18-8-19-15(10)22-9-3-4-14(16)17-7-9/h3-8H,1-2H3. The topological polar surface area (TPSA) is 66.4 Å². The lowest BCUT2D eigenvalue weighted by Crippen LogP contribution is -1.95. The highest BCUT2D eigenvalue weighted by molar-refractivity contribution is 6.29. The second-order valence-electron chi connectivity index (χ2n) is 4.32. The molecule has 0 aliphatic heterocycles. The molecule has 0 atom stereocenters. The van der Waals surface area contributed by atoms with Crippen molar-refractivity contribution in [1.82, 2.24) is 15.0 Å². The summed E-state index contributed by atoms with van der Waals surface area (Å²) in [6.07, 6.45) is 2.95. The molecule has 2 aromatic heterocycles. The normalized spacial score (nSPS) is 10.5. The molecule has 22 heavy (non-hydrogen) atoms. The molecule has 3 aromatic rings. The first-order valence-corrected chi connectivity index (χ1v) is 6.75. The molecular weight excluding hydrogens is 306 g/mol. The third-order valence-corrected chi connectivity index (χ3v) is 3.24. The minimum Gasteiger partial charge on any atom is -0.493 e. The van der Waals surface area contributed by atoms with Gasteiger partial charge in [0.25, 0.3) is 0 Å². The number of pyridine rings is 1. The zero-order valence-corrected chi connectivity index (χ0v) is 12.7. The molecule has 112 valence electrons. The van der Waals surface area contributed by atoms with Crippen molar-refractivity contribution >= 4 is 22.5 Å². The molecule has 0 bridgehead atoms. The molecular formula is C15H12ClN3O3. The van der Waals surface area contributed by atoms with Gasteiger partial charge in [0.2, 0.25) is 5.88 Å². The zero-order valence-electron chi connectivity index (χ0n) is 11.9. The van der Waals surface area contributed by atoms with Gasteiger partial charge in [-0.1, -0.05) is 11.6 Å². The Hall–Kier alpha value is -2.60. The number of fused-ring (bicyclic) bond motifs is 1. The molecule has 7 heteroatoms. The maximum absolute atomic E-state index is 5.76. The van der Waals surface area contributed by atoms with Crippen LogP contribution in [0.25, 0.3) is 10.9 Å². The van der Waals surface area contributed by atoms with Crippen LogP contribution in [0.5, 0.6) is 23.1 Å². The first-order chi connectivity index (χ1) is 10.7. The quantitative estimate of drug-likeness (QED) is 0.686. The van der Waals surface area contributed by atoms with Crippen LogP contribution >= 0.6 is 11.6 Å². The Bertz CT molecular complexity index is 809. The first kappa shape index (κ1) is 14.3. The molecule has 0 fully saturated rings. The Labute approximate surface area is 131 Å². The second kappa shape index (κ2) is 6.03. The first-order valence-electron chi connectivity index (χ1n) is 6.37. The van der Waals surface area contributed by atoms with Gasteiger partial charge >= 0.3 is 0 Å². The minimum atomic E-state index is 0.395. The third-order valence-electron chi connectivity index (χ3n) is 3.02. The second-order valence-corrected chi connectivity index (χ2v) is 4.71. The van der Waals surface area contributed by atoms with Crippen LogP contribution < -0.4 is 14.2 Å². The van der Waals surface area contributed by atoms with E-state index < -0.39 is 0 Å². The summed E-state index contributed by atoms with van der Waals surface area (Å²) < 4.78 is 16.3. The van der Waals surface area contributed by atoms with Crippen LogP contribution in [0.2, 0.25) is 5.15 Å². The van der Waals surface area contributed by atoms with E-state index in [1.54, 1.807) is 38.5 Å². The molecule has 6 nitrogen and oxygen atoms in total. The van der Waals surface area contributed by atoms with E-state index in [0.29, 0.717) is 39.2 Å². The Balaban J connectivity index is 2.07. The maximum atomic E-state index is 5.76. The van der Waals surface area contributed by atoms with Crippen LogP contribution in [-0.2, 0) is 0 Å². The largest absolute Gasteiger partial charge is 0.493 e. The van der Waals surface area contributed by atoms with Gasteiger partial charge in [-0.3, -0.25) is 0 Å². The summed E-state index contributed by atoms with van der Waals surface area (Å²) in [6.45, 7) is 0. The Morgan fingerprint density at radius 3 is 2.41 bits per heavy atom. The monoisotopic (exact) mass is 317 g/mol. The van der Waals surface area contributed by atoms with Crippen LogP contribution in [0.15, 0.2) is 36.8 Å². The van der Waals surface area contributed by atoms with E-state index in [0.717, 1.165) is 0 Å². The summed E-state index contributed by atoms with van der Waals surface area (Å²) in [5.41, 5.74) is 0.685. The van der Waals surface area contributed by atoms with Gasteiger partial charge in [-0.25, -0.2) is 15.0 Å². The predicted octanol–water partition coefficient (Wildman–Crippen LogP) is 3.49. The molecule has 0 saturated carbocycles. The maximum Gasteiger partial charge on any atom is 0.230 e. The lowest BCUT2D eigenvalue weighted by molar-refractivity contribution is 0.355. The fourth-order valence-electron chi connectivity index (χ4n) is 1.97. The fourth-order valence-corrected chi connectivity index (χ4v) is 2.09. The van der Waals surface area contributed by atoms with E-state index in [1.165, 1.54) is 12.5 Å². The summed E-state index contributed by atoms with van der Waals surface area (Å²) >= 11 is 5.76. The smallest absolute Gasteiger partial charge is 0.230 e. The average molecular weight is 318 g/mol. The SMILES string of the molecule is COc1cc2ncnc(Oc3ccc(Cl)nc3)c2cc1OC. The van der Waals surface area contributed by atoms with Crippen molar-refractivity contribution in [2.24, 2.45) is 0 Å². The van der Waals surface area contributed by atoms with Crippen molar-refractivity contribution < 1.29 is 14.2 Å². The van der Waals surface area contributed by atoms with Gasteiger partial charge in [-0.15, -0.1) is 0 Å². The zero-order chi connectivity index (χ0) is 15.5. The van der Waals surface area contributed by atoms with Crippen molar-refractivity contribution in [2.45, 2.75) is 0 Å². The predicted molar refractivity (Wildman–Crippen MR) is 82.0 cm³/mol. The summed E-state index contributed by atoms with van der Waals surface area (Å²) in [7, 11) is 3.14. The number of halogens is 1. The number of nitrogens with zero attached hydrogens (tertiary/aromatic N) is 3. The van der Waals surface area contributed by atoms with Gasteiger partial charge < -0.3 is 14.2 Å². The number of aromatic nitrogens is 3. The van der Waals surface area contributed by atoms with E-state index in [-0.39, 0.29) is 0 Å². The lowest BCUT2D eigenvalue weighted by Gasteiger charge is -2.11. The number of hydrogen-bond acceptors (Lipinski definition) is 6. The van der Waals surface area contributed by atoms with Crippen molar-refractivity contribution in [3.8, 4) is 23.1 Å². The third kappa shape index (κ3) is 2.73. The highest BCUT2D eigenvalue weighted by Crippen LogP contribution is 2.35. The van der Waals surface area contributed by atoms with Crippen molar-refractivity contribution in [3.63, 3.8) is 0 Å². The van der Waals surface area contributed by atoms with E-state index in [2.05, 4.69) is 15.0 Å². The molecule has 0 aliphatic rings. The summed E-state index contributed by atoms with van der Waals surface area (Å²) in [5.74, 6) is 2.09. The van der Waals surface area contributed by atoms with Crippen LogP contribution in [0.4, 0.5) is 0 Å². The highest BCUT2D eigenvalue weighted by atomic mass is 35.5. The molecule has 0 aliphatic carbocycles. The van der Waals surface area contributed by atoms with Crippen LogP contribution in [0, 0.1) is 0 Å². The van der Waals surface area contributed by atoms with Crippen molar-refractivity contribution in [1.29, 1.82) is 0 Å². The van der Waals surface area contributed by atoms with Gasteiger partial charge in [0.15, 0.2) is 11.5 Å². The van der Waals surface area contributed by atoms with Gasteiger partial charge in [-0.2, -0.15) is 0 Å². The Morgan fingerprint density at radius 2 is 1.73 bits per heavy atom. The van der Waals surface area contributed by atoms with Crippen LogP contribution in [-0.4, -0.2) is 29.2 Å². The molecule has 0 unspecified atom stereocenters. The fraction of sp³-hybridized carbons (Fsp3) is 0.133. The number of ether oxygens (including phenoxy) is 3. The number of hydrogen-bond donors (Lipinski definition) is 0. The molecule has 0 radical (unpaired) electrons. The molecule has 3 rings (SSSR count). The average Bonchev–Trinajstić information content (AvgIpc) is 2.56.